The molecule has 112 valence electrons. The predicted molar refractivity (Wildman–Crippen MR) is 83.8 cm³/mol. The van der Waals surface area contributed by atoms with Crippen molar-refractivity contribution in [2.24, 2.45) is 0 Å². The zero-order chi connectivity index (χ0) is 15.0. The van der Waals surface area contributed by atoms with E-state index >= 15 is 0 Å². The summed E-state index contributed by atoms with van der Waals surface area (Å²) in [5, 5.41) is 2.96. The Hall–Kier alpha value is -1.49. The molecule has 0 aromatic heterocycles. The van der Waals surface area contributed by atoms with Gasteiger partial charge in [0.25, 0.3) is 0 Å². The molecule has 2 aliphatic rings. The van der Waals surface area contributed by atoms with Gasteiger partial charge in [0, 0.05) is 18.7 Å². The molecule has 2 saturated heterocycles. The Balaban J connectivity index is 1.63. The molecule has 1 N–H and O–H groups in total. The molecule has 1 aromatic rings. The lowest BCUT2D eigenvalue weighted by Gasteiger charge is -2.29. The van der Waals surface area contributed by atoms with Crippen molar-refractivity contribution in [3.8, 4) is 0 Å². The van der Waals surface area contributed by atoms with Crippen molar-refractivity contribution < 1.29 is 9.59 Å². The maximum absolute atomic E-state index is 12.4. The van der Waals surface area contributed by atoms with E-state index < -0.39 is 0 Å². The molecule has 5 heteroatoms. The SMILES string of the molecule is Cc1ccc(CNC(=O)[C@@H]2CS[C@]3(C)CCC(=O)N23)cc1. The van der Waals surface area contributed by atoms with Crippen LogP contribution < -0.4 is 5.32 Å². The van der Waals surface area contributed by atoms with Crippen LogP contribution in [0.3, 0.4) is 0 Å². The van der Waals surface area contributed by atoms with E-state index in [1.54, 1.807) is 16.7 Å². The third-order valence-corrected chi connectivity index (χ3v) is 5.84. The van der Waals surface area contributed by atoms with E-state index in [0.717, 1.165) is 12.0 Å². The number of aryl methyl sites for hydroxylation is 1. The number of fused-ring (bicyclic) bond motifs is 1. The van der Waals surface area contributed by atoms with Crippen LogP contribution in [0, 0.1) is 6.92 Å². The molecule has 1 aromatic carbocycles. The molecule has 2 amide bonds. The second-order valence-electron chi connectivity index (χ2n) is 5.97. The van der Waals surface area contributed by atoms with Gasteiger partial charge in [-0.25, -0.2) is 0 Å². The fourth-order valence-corrected chi connectivity index (χ4v) is 4.46. The first-order valence-corrected chi connectivity index (χ1v) is 8.27. The maximum Gasteiger partial charge on any atom is 0.243 e. The molecule has 0 bridgehead atoms. The Kier molecular flexibility index (Phi) is 3.69. The van der Waals surface area contributed by atoms with Crippen LogP contribution in [0.15, 0.2) is 24.3 Å². The van der Waals surface area contributed by atoms with Gasteiger partial charge in [0.2, 0.25) is 11.8 Å². The topological polar surface area (TPSA) is 49.4 Å². The van der Waals surface area contributed by atoms with Gasteiger partial charge in [-0.15, -0.1) is 11.8 Å². The van der Waals surface area contributed by atoms with Gasteiger partial charge in [0.1, 0.15) is 6.04 Å². The number of benzene rings is 1. The number of carbonyl (C=O) groups is 2. The second kappa shape index (κ2) is 5.37. The van der Waals surface area contributed by atoms with Crippen molar-refractivity contribution in [2.45, 2.75) is 44.1 Å². The first-order chi connectivity index (χ1) is 9.99. The molecule has 0 saturated carbocycles. The van der Waals surface area contributed by atoms with Crippen molar-refractivity contribution in [2.75, 3.05) is 5.75 Å². The predicted octanol–water partition coefficient (Wildman–Crippen LogP) is 2.07. The van der Waals surface area contributed by atoms with Crippen molar-refractivity contribution in [1.29, 1.82) is 0 Å². The number of amides is 2. The summed E-state index contributed by atoms with van der Waals surface area (Å²) in [4.78, 5) is 26.0. The van der Waals surface area contributed by atoms with Crippen LogP contribution in [-0.2, 0) is 16.1 Å². The highest BCUT2D eigenvalue weighted by atomic mass is 32.2. The lowest BCUT2D eigenvalue weighted by atomic mass is 10.1. The summed E-state index contributed by atoms with van der Waals surface area (Å²) in [5.74, 6) is 0.766. The average Bonchev–Trinajstić information content (AvgIpc) is 2.95. The molecular weight excluding hydrogens is 284 g/mol. The number of thioether (sulfide) groups is 1. The van der Waals surface area contributed by atoms with E-state index in [1.807, 2.05) is 31.2 Å². The van der Waals surface area contributed by atoms with Gasteiger partial charge in [-0.3, -0.25) is 9.59 Å². The van der Waals surface area contributed by atoms with Crippen molar-refractivity contribution >= 4 is 23.6 Å². The van der Waals surface area contributed by atoms with Gasteiger partial charge in [0.05, 0.1) is 4.87 Å². The number of hydrogen-bond donors (Lipinski definition) is 1. The molecule has 0 spiro atoms. The second-order valence-corrected chi connectivity index (χ2v) is 7.47. The minimum Gasteiger partial charge on any atom is -0.350 e. The van der Waals surface area contributed by atoms with E-state index in [2.05, 4.69) is 12.2 Å². The standard InChI is InChI=1S/C16H20N2O2S/c1-11-3-5-12(6-4-11)9-17-15(20)13-10-21-16(2)8-7-14(19)18(13)16/h3-6,13H,7-10H2,1-2H3,(H,17,20)/t13-,16+/m0/s1. The van der Waals surface area contributed by atoms with E-state index in [1.165, 1.54) is 5.56 Å². The van der Waals surface area contributed by atoms with Crippen LogP contribution in [0.2, 0.25) is 0 Å². The van der Waals surface area contributed by atoms with Crippen LogP contribution in [0.4, 0.5) is 0 Å². The van der Waals surface area contributed by atoms with Crippen LogP contribution in [0.5, 0.6) is 0 Å². The van der Waals surface area contributed by atoms with E-state index in [-0.39, 0.29) is 22.7 Å². The largest absolute Gasteiger partial charge is 0.350 e. The Morgan fingerprint density at radius 1 is 1.43 bits per heavy atom. The molecular formula is C16H20N2O2S. The number of rotatable bonds is 3. The van der Waals surface area contributed by atoms with E-state index in [4.69, 9.17) is 0 Å². The van der Waals surface area contributed by atoms with Crippen LogP contribution in [-0.4, -0.2) is 33.4 Å². The van der Waals surface area contributed by atoms with Crippen molar-refractivity contribution in [3.63, 3.8) is 0 Å². The van der Waals surface area contributed by atoms with Crippen molar-refractivity contribution in [1.82, 2.24) is 10.2 Å². The molecule has 2 heterocycles. The quantitative estimate of drug-likeness (QED) is 0.930. The van der Waals surface area contributed by atoms with E-state index in [0.29, 0.717) is 18.7 Å². The summed E-state index contributed by atoms with van der Waals surface area (Å²) in [6, 6.07) is 7.79. The highest BCUT2D eigenvalue weighted by molar-refractivity contribution is 8.01. The molecule has 2 atom stereocenters. The van der Waals surface area contributed by atoms with Gasteiger partial charge < -0.3 is 10.2 Å². The number of carbonyl (C=O) groups excluding carboxylic acids is 2. The normalized spacial score (nSPS) is 27.8. The molecule has 2 fully saturated rings. The molecule has 0 unspecified atom stereocenters. The van der Waals surface area contributed by atoms with Gasteiger partial charge >= 0.3 is 0 Å². The number of nitrogens with zero attached hydrogens (tertiary/aromatic N) is 1. The molecule has 0 aliphatic carbocycles. The van der Waals surface area contributed by atoms with Gasteiger partial charge in [-0.1, -0.05) is 29.8 Å². The zero-order valence-corrected chi connectivity index (χ0v) is 13.2. The Labute approximate surface area is 129 Å². The Morgan fingerprint density at radius 2 is 2.14 bits per heavy atom. The molecule has 21 heavy (non-hydrogen) atoms. The smallest absolute Gasteiger partial charge is 0.243 e. The summed E-state index contributed by atoms with van der Waals surface area (Å²) < 4.78 is 0. The molecule has 0 radical (unpaired) electrons. The van der Waals surface area contributed by atoms with Crippen LogP contribution in [0.1, 0.15) is 30.9 Å². The lowest BCUT2D eigenvalue weighted by Crippen LogP contribution is -2.49. The first-order valence-electron chi connectivity index (χ1n) is 7.29. The van der Waals surface area contributed by atoms with E-state index in [9.17, 15) is 9.59 Å². The summed E-state index contributed by atoms with van der Waals surface area (Å²) in [6.45, 7) is 4.62. The zero-order valence-electron chi connectivity index (χ0n) is 12.4. The Bertz CT molecular complexity index is 572. The fourth-order valence-electron chi connectivity index (χ4n) is 3.03. The third kappa shape index (κ3) is 2.67. The number of hydrogen-bond acceptors (Lipinski definition) is 3. The van der Waals surface area contributed by atoms with Gasteiger partial charge in [-0.05, 0) is 25.8 Å². The minimum absolute atomic E-state index is 0.0398. The van der Waals surface area contributed by atoms with Crippen molar-refractivity contribution in [3.05, 3.63) is 35.4 Å². The molecule has 4 nitrogen and oxygen atoms in total. The first kappa shape index (κ1) is 14.4. The third-order valence-electron chi connectivity index (χ3n) is 4.33. The molecule has 2 aliphatic heterocycles. The lowest BCUT2D eigenvalue weighted by molar-refractivity contribution is -0.138. The Morgan fingerprint density at radius 3 is 2.86 bits per heavy atom. The molecule has 3 rings (SSSR count). The summed E-state index contributed by atoms with van der Waals surface area (Å²) in [5.41, 5.74) is 2.28. The van der Waals surface area contributed by atoms with Gasteiger partial charge in [0.15, 0.2) is 0 Å². The summed E-state index contributed by atoms with van der Waals surface area (Å²) >= 11 is 1.72. The van der Waals surface area contributed by atoms with Crippen LogP contribution in [0.25, 0.3) is 0 Å². The minimum atomic E-state index is -0.319. The highest BCUT2D eigenvalue weighted by Crippen LogP contribution is 2.47. The summed E-state index contributed by atoms with van der Waals surface area (Å²) in [6.07, 6.45) is 1.41. The van der Waals surface area contributed by atoms with Crippen LogP contribution >= 0.6 is 11.8 Å². The monoisotopic (exact) mass is 304 g/mol. The maximum atomic E-state index is 12.4. The average molecular weight is 304 g/mol. The fraction of sp³-hybridized carbons (Fsp3) is 0.500. The summed E-state index contributed by atoms with van der Waals surface area (Å²) in [7, 11) is 0. The highest BCUT2D eigenvalue weighted by Gasteiger charge is 2.52. The number of nitrogens with one attached hydrogen (secondary N) is 1. The van der Waals surface area contributed by atoms with Gasteiger partial charge in [-0.2, -0.15) is 0 Å².